The van der Waals surface area contributed by atoms with Gasteiger partial charge in [-0.15, -0.1) is 10.2 Å². The summed E-state index contributed by atoms with van der Waals surface area (Å²) >= 11 is 0. The third-order valence-corrected chi connectivity index (χ3v) is 2.27. The lowest BCUT2D eigenvalue weighted by atomic mass is 10.1. The fourth-order valence-electron chi connectivity index (χ4n) is 1.48. The number of carbonyl (C=O) groups excluding carboxylic acids is 1. The van der Waals surface area contributed by atoms with E-state index in [4.69, 9.17) is 5.11 Å². The van der Waals surface area contributed by atoms with E-state index in [2.05, 4.69) is 25.9 Å². The van der Waals surface area contributed by atoms with Crippen molar-refractivity contribution in [1.29, 1.82) is 0 Å². The lowest BCUT2D eigenvalue weighted by Crippen LogP contribution is -2.34. The molecule has 0 saturated heterocycles. The molecule has 84 valence electrons. The number of nitrogens with one attached hydrogen (secondary N) is 2. The number of carboxylic acids is 1. The smallest absolute Gasteiger partial charge is 0.310 e. The van der Waals surface area contributed by atoms with Gasteiger partial charge in [-0.2, -0.15) is 5.21 Å². The highest BCUT2D eigenvalue weighted by Crippen LogP contribution is 2.17. The van der Waals surface area contributed by atoms with Crippen molar-refractivity contribution in [3.05, 3.63) is 18.0 Å². The second kappa shape index (κ2) is 4.09. The number of H-pyrrole nitrogens is 1. The summed E-state index contributed by atoms with van der Waals surface area (Å²) in [4.78, 5) is 22.1. The fourth-order valence-corrected chi connectivity index (χ4v) is 1.48. The predicted octanol–water partition coefficient (Wildman–Crippen LogP) is -1.04. The van der Waals surface area contributed by atoms with Crippen molar-refractivity contribution in [3.8, 4) is 0 Å². The van der Waals surface area contributed by atoms with Gasteiger partial charge in [-0.05, 0) is 11.6 Å². The topological polar surface area (TPSA) is 121 Å². The lowest BCUT2D eigenvalue weighted by Gasteiger charge is -2.09. The summed E-state index contributed by atoms with van der Waals surface area (Å²) in [7, 11) is 0. The molecule has 0 spiro atoms. The third kappa shape index (κ3) is 2.05. The summed E-state index contributed by atoms with van der Waals surface area (Å²) in [5.41, 5.74) is 0. The van der Waals surface area contributed by atoms with Crippen LogP contribution in [0.4, 0.5) is 0 Å². The first-order valence-electron chi connectivity index (χ1n) is 4.62. The van der Waals surface area contributed by atoms with Crippen molar-refractivity contribution in [2.24, 2.45) is 5.92 Å². The molecular formula is C8H9N5O3. The van der Waals surface area contributed by atoms with Crippen molar-refractivity contribution in [2.45, 2.75) is 12.5 Å². The highest BCUT2D eigenvalue weighted by atomic mass is 16.4. The van der Waals surface area contributed by atoms with Gasteiger partial charge >= 0.3 is 5.97 Å². The molecule has 8 nitrogen and oxygen atoms in total. The SMILES string of the molecule is O=C(NC1C=CC(C(=O)O)C1)c1nn[nH]n1. The first-order valence-corrected chi connectivity index (χ1v) is 4.62. The minimum Gasteiger partial charge on any atom is -0.481 e. The molecule has 16 heavy (non-hydrogen) atoms. The first kappa shape index (κ1) is 10.3. The molecule has 8 heteroatoms. The zero-order chi connectivity index (χ0) is 11.5. The van der Waals surface area contributed by atoms with Gasteiger partial charge in [-0.3, -0.25) is 9.59 Å². The molecular weight excluding hydrogens is 214 g/mol. The Morgan fingerprint density at radius 2 is 2.31 bits per heavy atom. The Bertz CT molecular complexity index is 427. The number of aromatic nitrogens is 4. The van der Waals surface area contributed by atoms with E-state index in [1.54, 1.807) is 12.2 Å². The van der Waals surface area contributed by atoms with E-state index in [0.29, 0.717) is 6.42 Å². The molecule has 3 N–H and O–H groups in total. The van der Waals surface area contributed by atoms with Crippen LogP contribution in [0.1, 0.15) is 17.0 Å². The number of hydrogen-bond acceptors (Lipinski definition) is 5. The summed E-state index contributed by atoms with van der Waals surface area (Å²) in [6, 6.07) is -0.299. The van der Waals surface area contributed by atoms with E-state index in [9.17, 15) is 9.59 Å². The normalized spacial score (nSPS) is 23.2. The molecule has 1 aromatic heterocycles. The molecule has 0 aromatic carbocycles. The van der Waals surface area contributed by atoms with Crippen LogP contribution in [0.3, 0.4) is 0 Å². The van der Waals surface area contributed by atoms with Crippen molar-refractivity contribution in [1.82, 2.24) is 25.9 Å². The van der Waals surface area contributed by atoms with Gasteiger partial charge in [-0.1, -0.05) is 12.2 Å². The first-order chi connectivity index (χ1) is 7.66. The van der Waals surface area contributed by atoms with Crippen molar-refractivity contribution in [3.63, 3.8) is 0 Å². The largest absolute Gasteiger partial charge is 0.481 e. The molecule has 1 aromatic rings. The molecule has 2 unspecified atom stereocenters. The standard InChI is InChI=1S/C8H9N5O3/c14-7(6-10-12-13-11-6)9-5-2-1-4(3-5)8(15)16/h1-2,4-5H,3H2,(H,9,14)(H,15,16)(H,10,11,12,13). The quantitative estimate of drug-likeness (QED) is 0.563. The van der Waals surface area contributed by atoms with Gasteiger partial charge in [0.15, 0.2) is 0 Å². The fraction of sp³-hybridized carbons (Fsp3) is 0.375. The Morgan fingerprint density at radius 1 is 1.50 bits per heavy atom. The van der Waals surface area contributed by atoms with E-state index >= 15 is 0 Å². The maximum Gasteiger partial charge on any atom is 0.310 e. The van der Waals surface area contributed by atoms with Crippen LogP contribution in [0.15, 0.2) is 12.2 Å². The molecule has 0 saturated carbocycles. The third-order valence-electron chi connectivity index (χ3n) is 2.27. The maximum atomic E-state index is 11.5. The molecule has 1 aliphatic carbocycles. The lowest BCUT2D eigenvalue weighted by molar-refractivity contribution is -0.140. The molecule has 2 rings (SSSR count). The van der Waals surface area contributed by atoms with E-state index in [0.717, 1.165) is 0 Å². The number of aliphatic carboxylic acids is 1. The van der Waals surface area contributed by atoms with Crippen LogP contribution >= 0.6 is 0 Å². The van der Waals surface area contributed by atoms with Gasteiger partial charge in [0.1, 0.15) is 0 Å². The number of nitrogens with zero attached hydrogens (tertiary/aromatic N) is 3. The molecule has 0 radical (unpaired) electrons. The number of hydrogen-bond donors (Lipinski definition) is 3. The molecule has 1 heterocycles. The van der Waals surface area contributed by atoms with Gasteiger partial charge in [0.25, 0.3) is 11.7 Å². The Hall–Kier alpha value is -2.25. The summed E-state index contributed by atoms with van der Waals surface area (Å²) in [6.45, 7) is 0. The molecule has 2 atom stereocenters. The van der Waals surface area contributed by atoms with Crippen LogP contribution in [0.2, 0.25) is 0 Å². The summed E-state index contributed by atoms with van der Waals surface area (Å²) in [5.74, 6) is -1.98. The number of aromatic amines is 1. The summed E-state index contributed by atoms with van der Waals surface area (Å²) < 4.78 is 0. The zero-order valence-electron chi connectivity index (χ0n) is 8.12. The van der Waals surface area contributed by atoms with E-state index < -0.39 is 17.8 Å². The molecule has 1 amide bonds. The van der Waals surface area contributed by atoms with Gasteiger partial charge in [-0.25, -0.2) is 0 Å². The van der Waals surface area contributed by atoms with Crippen LogP contribution < -0.4 is 5.32 Å². The number of rotatable bonds is 3. The van der Waals surface area contributed by atoms with E-state index in [1.807, 2.05) is 0 Å². The van der Waals surface area contributed by atoms with E-state index in [-0.39, 0.29) is 11.9 Å². The zero-order valence-corrected chi connectivity index (χ0v) is 8.12. The minimum atomic E-state index is -0.896. The second-order valence-electron chi connectivity index (χ2n) is 3.38. The predicted molar refractivity (Wildman–Crippen MR) is 50.3 cm³/mol. The van der Waals surface area contributed by atoms with Crippen LogP contribution in [0.5, 0.6) is 0 Å². The Balaban J connectivity index is 1.91. The van der Waals surface area contributed by atoms with Crippen LogP contribution in [0.25, 0.3) is 0 Å². The van der Waals surface area contributed by atoms with Crippen LogP contribution in [-0.2, 0) is 4.79 Å². The van der Waals surface area contributed by atoms with E-state index in [1.165, 1.54) is 0 Å². The van der Waals surface area contributed by atoms with Gasteiger partial charge in [0.2, 0.25) is 0 Å². The molecule has 0 aliphatic heterocycles. The highest BCUT2D eigenvalue weighted by molar-refractivity contribution is 5.90. The molecule has 0 bridgehead atoms. The number of amides is 1. The number of tetrazole rings is 1. The van der Waals surface area contributed by atoms with Crippen molar-refractivity contribution < 1.29 is 14.7 Å². The van der Waals surface area contributed by atoms with Gasteiger partial charge in [0.05, 0.1) is 5.92 Å². The Labute approximate surface area is 89.7 Å². The number of carbonyl (C=O) groups is 2. The second-order valence-corrected chi connectivity index (χ2v) is 3.38. The Kier molecular flexibility index (Phi) is 2.63. The summed E-state index contributed by atoms with van der Waals surface area (Å²) in [6.07, 6.45) is 3.55. The van der Waals surface area contributed by atoms with Crippen molar-refractivity contribution >= 4 is 11.9 Å². The van der Waals surface area contributed by atoms with Crippen LogP contribution in [-0.4, -0.2) is 43.6 Å². The van der Waals surface area contributed by atoms with Crippen molar-refractivity contribution in [2.75, 3.05) is 0 Å². The Morgan fingerprint density at radius 3 is 2.88 bits per heavy atom. The highest BCUT2D eigenvalue weighted by Gasteiger charge is 2.26. The van der Waals surface area contributed by atoms with Crippen LogP contribution in [0, 0.1) is 5.92 Å². The summed E-state index contributed by atoms with van der Waals surface area (Å²) in [5, 5.41) is 23.8. The average molecular weight is 223 g/mol. The molecule has 0 fully saturated rings. The average Bonchev–Trinajstić information content (AvgIpc) is 2.87. The minimum absolute atomic E-state index is 0.0628. The van der Waals surface area contributed by atoms with Gasteiger partial charge in [0, 0.05) is 6.04 Å². The maximum absolute atomic E-state index is 11.5. The van der Waals surface area contributed by atoms with Gasteiger partial charge < -0.3 is 10.4 Å². The number of carboxylic acid groups (broad SMARTS) is 1. The monoisotopic (exact) mass is 223 g/mol. The molecule has 1 aliphatic rings.